The minimum Gasteiger partial charge on any atom is -0.387 e. The summed E-state index contributed by atoms with van der Waals surface area (Å²) < 4.78 is 5.04. The van der Waals surface area contributed by atoms with Crippen LogP contribution >= 0.6 is 0 Å². The maximum absolute atomic E-state index is 10.5. The zero-order valence-corrected chi connectivity index (χ0v) is 12.0. The monoisotopic (exact) mass is 263 g/mol. The second-order valence-electron chi connectivity index (χ2n) is 5.29. The summed E-state index contributed by atoms with van der Waals surface area (Å²) >= 11 is 0. The SMILES string of the molecule is CCC(NCCOC)C(O)c1ccc2c(c1)CCC2. The maximum Gasteiger partial charge on any atom is 0.0942 e. The molecule has 0 heterocycles. The fourth-order valence-electron chi connectivity index (χ4n) is 2.83. The molecule has 0 radical (unpaired) electrons. The number of aryl methyl sites for hydroxylation is 2. The van der Waals surface area contributed by atoms with Crippen molar-refractivity contribution in [3.8, 4) is 0 Å². The quantitative estimate of drug-likeness (QED) is 0.741. The first-order valence-corrected chi connectivity index (χ1v) is 7.28. The molecule has 0 saturated carbocycles. The Labute approximate surface area is 116 Å². The number of hydrogen-bond donors (Lipinski definition) is 2. The summed E-state index contributed by atoms with van der Waals surface area (Å²) in [6, 6.07) is 6.54. The van der Waals surface area contributed by atoms with Crippen molar-refractivity contribution in [2.24, 2.45) is 0 Å². The summed E-state index contributed by atoms with van der Waals surface area (Å²) in [4.78, 5) is 0. The van der Waals surface area contributed by atoms with Crippen LogP contribution in [0.1, 0.15) is 42.6 Å². The van der Waals surface area contributed by atoms with Crippen LogP contribution < -0.4 is 5.32 Å². The van der Waals surface area contributed by atoms with Gasteiger partial charge < -0.3 is 15.2 Å². The highest BCUT2D eigenvalue weighted by molar-refractivity contribution is 5.36. The van der Waals surface area contributed by atoms with E-state index in [0.29, 0.717) is 6.61 Å². The molecule has 3 nitrogen and oxygen atoms in total. The molecule has 1 aromatic carbocycles. The zero-order chi connectivity index (χ0) is 13.7. The van der Waals surface area contributed by atoms with Crippen LogP contribution in [0.3, 0.4) is 0 Å². The van der Waals surface area contributed by atoms with E-state index in [2.05, 4.69) is 30.4 Å². The number of rotatable bonds is 7. The lowest BCUT2D eigenvalue weighted by atomic mass is 9.97. The van der Waals surface area contributed by atoms with E-state index in [0.717, 1.165) is 24.9 Å². The van der Waals surface area contributed by atoms with Gasteiger partial charge in [0.25, 0.3) is 0 Å². The van der Waals surface area contributed by atoms with Crippen LogP contribution in [0, 0.1) is 0 Å². The third-order valence-corrected chi connectivity index (χ3v) is 4.00. The van der Waals surface area contributed by atoms with Gasteiger partial charge in [0.05, 0.1) is 12.7 Å². The average molecular weight is 263 g/mol. The van der Waals surface area contributed by atoms with Crippen molar-refractivity contribution in [3.05, 3.63) is 34.9 Å². The number of aliphatic hydroxyl groups excluding tert-OH is 1. The Morgan fingerprint density at radius 3 is 2.84 bits per heavy atom. The maximum atomic E-state index is 10.5. The molecule has 106 valence electrons. The second-order valence-corrected chi connectivity index (χ2v) is 5.29. The first-order chi connectivity index (χ1) is 9.26. The number of nitrogens with one attached hydrogen (secondary N) is 1. The minimum absolute atomic E-state index is 0.0922. The summed E-state index contributed by atoms with van der Waals surface area (Å²) in [6.07, 6.45) is 4.06. The van der Waals surface area contributed by atoms with E-state index in [1.807, 2.05) is 0 Å². The lowest BCUT2D eigenvalue weighted by molar-refractivity contribution is 0.117. The van der Waals surface area contributed by atoms with Gasteiger partial charge in [-0.2, -0.15) is 0 Å². The second kappa shape index (κ2) is 7.04. The van der Waals surface area contributed by atoms with E-state index < -0.39 is 6.10 Å². The molecule has 0 bridgehead atoms. The summed E-state index contributed by atoms with van der Waals surface area (Å²) in [7, 11) is 1.69. The Morgan fingerprint density at radius 2 is 2.11 bits per heavy atom. The Kier molecular flexibility index (Phi) is 5.37. The average Bonchev–Trinajstić information content (AvgIpc) is 2.90. The Balaban J connectivity index is 2.02. The molecule has 2 atom stereocenters. The molecular weight excluding hydrogens is 238 g/mol. The van der Waals surface area contributed by atoms with E-state index in [1.54, 1.807) is 7.11 Å². The highest BCUT2D eigenvalue weighted by atomic mass is 16.5. The molecule has 1 aromatic rings. The van der Waals surface area contributed by atoms with Gasteiger partial charge in [0.1, 0.15) is 0 Å². The highest BCUT2D eigenvalue weighted by Crippen LogP contribution is 2.27. The van der Waals surface area contributed by atoms with Crippen LogP contribution in [0.2, 0.25) is 0 Å². The van der Waals surface area contributed by atoms with Crippen LogP contribution in [-0.2, 0) is 17.6 Å². The lowest BCUT2D eigenvalue weighted by Gasteiger charge is -2.23. The Morgan fingerprint density at radius 1 is 1.32 bits per heavy atom. The fraction of sp³-hybridized carbons (Fsp3) is 0.625. The van der Waals surface area contributed by atoms with Crippen LogP contribution in [-0.4, -0.2) is 31.4 Å². The van der Waals surface area contributed by atoms with Crippen molar-refractivity contribution in [3.63, 3.8) is 0 Å². The molecule has 0 amide bonds. The molecule has 0 saturated heterocycles. The number of hydrogen-bond acceptors (Lipinski definition) is 3. The topological polar surface area (TPSA) is 41.5 Å². The first kappa shape index (κ1) is 14.5. The Hall–Kier alpha value is -0.900. The van der Waals surface area contributed by atoms with Crippen LogP contribution in [0.5, 0.6) is 0 Å². The van der Waals surface area contributed by atoms with Gasteiger partial charge in [-0.05, 0) is 42.4 Å². The minimum atomic E-state index is -0.437. The molecule has 2 N–H and O–H groups in total. The van der Waals surface area contributed by atoms with Crippen LogP contribution in [0.25, 0.3) is 0 Å². The third kappa shape index (κ3) is 3.56. The number of methoxy groups -OCH3 is 1. The third-order valence-electron chi connectivity index (χ3n) is 4.00. The summed E-state index contributed by atoms with van der Waals surface area (Å²) in [6.45, 7) is 3.55. The summed E-state index contributed by atoms with van der Waals surface area (Å²) in [5, 5.41) is 13.9. The van der Waals surface area contributed by atoms with Gasteiger partial charge in [-0.25, -0.2) is 0 Å². The molecule has 2 rings (SSSR count). The van der Waals surface area contributed by atoms with Crippen molar-refractivity contribution in [2.75, 3.05) is 20.3 Å². The van der Waals surface area contributed by atoms with Gasteiger partial charge >= 0.3 is 0 Å². The smallest absolute Gasteiger partial charge is 0.0942 e. The van der Waals surface area contributed by atoms with Crippen LogP contribution in [0.4, 0.5) is 0 Å². The van der Waals surface area contributed by atoms with E-state index in [-0.39, 0.29) is 6.04 Å². The van der Waals surface area contributed by atoms with Crippen LogP contribution in [0.15, 0.2) is 18.2 Å². The Bertz CT molecular complexity index is 406. The normalized spacial score (nSPS) is 17.2. The molecule has 0 aromatic heterocycles. The van der Waals surface area contributed by atoms with E-state index >= 15 is 0 Å². The molecule has 1 aliphatic rings. The van der Waals surface area contributed by atoms with Gasteiger partial charge in [-0.1, -0.05) is 25.1 Å². The van der Waals surface area contributed by atoms with Crippen molar-refractivity contribution in [1.82, 2.24) is 5.32 Å². The summed E-state index contributed by atoms with van der Waals surface area (Å²) in [5.41, 5.74) is 3.91. The van der Waals surface area contributed by atoms with Gasteiger partial charge in [-0.3, -0.25) is 0 Å². The van der Waals surface area contributed by atoms with Gasteiger partial charge in [0.2, 0.25) is 0 Å². The number of ether oxygens (including phenoxy) is 1. The largest absolute Gasteiger partial charge is 0.387 e. The van der Waals surface area contributed by atoms with E-state index in [4.69, 9.17) is 4.74 Å². The molecular formula is C16H25NO2. The molecule has 19 heavy (non-hydrogen) atoms. The van der Waals surface area contributed by atoms with Gasteiger partial charge in [0, 0.05) is 19.7 Å². The molecule has 0 aliphatic heterocycles. The van der Waals surface area contributed by atoms with Gasteiger partial charge in [-0.15, -0.1) is 0 Å². The predicted octanol–water partition coefficient (Wildman–Crippen LogP) is 2.22. The zero-order valence-electron chi connectivity index (χ0n) is 12.0. The lowest BCUT2D eigenvalue weighted by Crippen LogP contribution is -2.36. The summed E-state index contributed by atoms with van der Waals surface area (Å²) in [5.74, 6) is 0. The predicted molar refractivity (Wildman–Crippen MR) is 77.4 cm³/mol. The van der Waals surface area contributed by atoms with Crippen molar-refractivity contribution < 1.29 is 9.84 Å². The van der Waals surface area contributed by atoms with Crippen molar-refractivity contribution in [2.45, 2.75) is 44.8 Å². The molecule has 3 heteroatoms. The van der Waals surface area contributed by atoms with Gasteiger partial charge in [0.15, 0.2) is 0 Å². The fourth-order valence-corrected chi connectivity index (χ4v) is 2.83. The number of aliphatic hydroxyl groups is 1. The number of benzene rings is 1. The van der Waals surface area contributed by atoms with E-state index in [1.165, 1.54) is 24.0 Å². The molecule has 1 aliphatic carbocycles. The first-order valence-electron chi connectivity index (χ1n) is 7.28. The molecule has 0 spiro atoms. The highest BCUT2D eigenvalue weighted by Gasteiger charge is 2.20. The van der Waals surface area contributed by atoms with E-state index in [9.17, 15) is 5.11 Å². The molecule has 2 unspecified atom stereocenters. The molecule has 0 fully saturated rings. The van der Waals surface area contributed by atoms with Crippen molar-refractivity contribution in [1.29, 1.82) is 0 Å². The standard InChI is InChI=1S/C16H25NO2/c1-3-15(17-9-10-19-2)16(18)14-8-7-12-5-4-6-13(12)11-14/h7-8,11,15-18H,3-6,9-10H2,1-2H3. The van der Waals surface area contributed by atoms with Crippen molar-refractivity contribution >= 4 is 0 Å². The number of fused-ring (bicyclic) bond motifs is 1.